The molecule has 2 N–H and O–H groups in total. The molecule has 2 aromatic rings. The summed E-state index contributed by atoms with van der Waals surface area (Å²) >= 11 is 3.03. The predicted octanol–water partition coefficient (Wildman–Crippen LogP) is 4.12. The Labute approximate surface area is 116 Å². The molecule has 0 aromatic heterocycles. The quantitative estimate of drug-likeness (QED) is 0.859. The highest BCUT2D eigenvalue weighted by atomic mass is 79.9. The number of ether oxygens (including phenoxy) is 1. The van der Waals surface area contributed by atoms with Gasteiger partial charge in [0.25, 0.3) is 0 Å². The van der Waals surface area contributed by atoms with Crippen molar-refractivity contribution in [3.63, 3.8) is 0 Å². The van der Waals surface area contributed by atoms with Crippen molar-refractivity contribution >= 4 is 15.9 Å². The van der Waals surface area contributed by atoms with Gasteiger partial charge in [0.15, 0.2) is 11.6 Å². The summed E-state index contributed by atoms with van der Waals surface area (Å²) in [4.78, 5) is 0. The fraction of sp³-hybridized carbons (Fsp3) is 0.0769. The third-order valence-electron chi connectivity index (χ3n) is 2.46. The van der Waals surface area contributed by atoms with Gasteiger partial charge in [-0.25, -0.2) is 8.78 Å². The van der Waals surface area contributed by atoms with Gasteiger partial charge in [0.1, 0.15) is 11.6 Å². The van der Waals surface area contributed by atoms with E-state index in [-0.39, 0.29) is 23.6 Å². The standard InChI is InChI=1S/C13H9BrF3NO/c14-7-4-10(16)13(17)12(5-7)19-11-3-1-2-9(15)8(11)6-18/h1-5H,6,18H2. The lowest BCUT2D eigenvalue weighted by atomic mass is 10.2. The number of benzene rings is 2. The Bertz CT molecular complexity index is 619. The molecule has 0 atom stereocenters. The van der Waals surface area contributed by atoms with E-state index < -0.39 is 17.5 Å². The van der Waals surface area contributed by atoms with Crippen molar-refractivity contribution < 1.29 is 17.9 Å². The summed E-state index contributed by atoms with van der Waals surface area (Å²) < 4.78 is 45.8. The smallest absolute Gasteiger partial charge is 0.201 e. The van der Waals surface area contributed by atoms with Crippen LogP contribution in [0.25, 0.3) is 0 Å². The van der Waals surface area contributed by atoms with Gasteiger partial charge in [-0.3, -0.25) is 0 Å². The summed E-state index contributed by atoms with van der Waals surface area (Å²) in [6.45, 7) is -0.111. The third-order valence-corrected chi connectivity index (χ3v) is 2.92. The molecule has 2 rings (SSSR count). The van der Waals surface area contributed by atoms with Crippen LogP contribution in [0.1, 0.15) is 5.56 Å². The number of halogens is 4. The van der Waals surface area contributed by atoms with Crippen LogP contribution in [0.4, 0.5) is 13.2 Å². The first-order chi connectivity index (χ1) is 9.02. The molecule has 0 spiro atoms. The van der Waals surface area contributed by atoms with Gasteiger partial charge in [0.05, 0.1) is 0 Å². The number of hydrogen-bond donors (Lipinski definition) is 1. The van der Waals surface area contributed by atoms with Crippen LogP contribution in [0.5, 0.6) is 11.5 Å². The van der Waals surface area contributed by atoms with Crippen LogP contribution in [0.2, 0.25) is 0 Å². The van der Waals surface area contributed by atoms with Crippen molar-refractivity contribution in [1.29, 1.82) is 0 Å². The van der Waals surface area contributed by atoms with Crippen LogP contribution in [0, 0.1) is 17.5 Å². The van der Waals surface area contributed by atoms with Gasteiger partial charge in [-0.15, -0.1) is 0 Å². The molecule has 0 aliphatic carbocycles. The summed E-state index contributed by atoms with van der Waals surface area (Å²) in [5, 5.41) is 0. The van der Waals surface area contributed by atoms with E-state index in [0.717, 1.165) is 6.07 Å². The van der Waals surface area contributed by atoms with E-state index in [4.69, 9.17) is 10.5 Å². The van der Waals surface area contributed by atoms with Crippen LogP contribution in [0.3, 0.4) is 0 Å². The minimum absolute atomic E-state index is 0.0545. The van der Waals surface area contributed by atoms with E-state index in [1.54, 1.807) is 0 Å². The molecule has 0 saturated carbocycles. The van der Waals surface area contributed by atoms with Crippen LogP contribution >= 0.6 is 15.9 Å². The maximum absolute atomic E-state index is 13.6. The molecule has 0 unspecified atom stereocenters. The second kappa shape index (κ2) is 5.63. The molecule has 0 aliphatic heterocycles. The van der Waals surface area contributed by atoms with Crippen LogP contribution < -0.4 is 10.5 Å². The molecule has 0 bridgehead atoms. The maximum Gasteiger partial charge on any atom is 0.201 e. The molecule has 0 radical (unpaired) electrons. The average molecular weight is 332 g/mol. The van der Waals surface area contributed by atoms with E-state index >= 15 is 0 Å². The second-order valence-electron chi connectivity index (χ2n) is 3.72. The summed E-state index contributed by atoms with van der Waals surface area (Å²) in [5.41, 5.74) is 5.51. The fourth-order valence-corrected chi connectivity index (χ4v) is 1.97. The molecule has 0 heterocycles. The zero-order valence-corrected chi connectivity index (χ0v) is 11.2. The van der Waals surface area contributed by atoms with E-state index in [9.17, 15) is 13.2 Å². The Morgan fingerprint density at radius 3 is 2.47 bits per heavy atom. The summed E-state index contributed by atoms with van der Waals surface area (Å²) in [6, 6.07) is 6.27. The Morgan fingerprint density at radius 2 is 1.79 bits per heavy atom. The Kier molecular flexibility index (Phi) is 4.11. The van der Waals surface area contributed by atoms with Crippen molar-refractivity contribution in [2.45, 2.75) is 6.54 Å². The Balaban J connectivity index is 2.45. The van der Waals surface area contributed by atoms with Crippen molar-refractivity contribution in [2.75, 3.05) is 0 Å². The highest BCUT2D eigenvalue weighted by Gasteiger charge is 2.15. The van der Waals surface area contributed by atoms with Gasteiger partial charge < -0.3 is 10.5 Å². The van der Waals surface area contributed by atoms with E-state index in [0.29, 0.717) is 4.47 Å². The minimum Gasteiger partial charge on any atom is -0.454 e. The Hall–Kier alpha value is -1.53. The molecule has 0 fully saturated rings. The normalized spacial score (nSPS) is 10.6. The SMILES string of the molecule is NCc1c(F)cccc1Oc1cc(Br)cc(F)c1F. The molecule has 100 valence electrons. The van der Waals surface area contributed by atoms with Gasteiger partial charge in [0, 0.05) is 16.6 Å². The van der Waals surface area contributed by atoms with Crippen molar-refractivity contribution in [3.05, 3.63) is 57.8 Å². The van der Waals surface area contributed by atoms with Gasteiger partial charge in [-0.2, -0.15) is 4.39 Å². The van der Waals surface area contributed by atoms with Gasteiger partial charge >= 0.3 is 0 Å². The molecule has 6 heteroatoms. The largest absolute Gasteiger partial charge is 0.454 e. The lowest BCUT2D eigenvalue weighted by Crippen LogP contribution is -2.03. The Morgan fingerprint density at radius 1 is 1.05 bits per heavy atom. The van der Waals surface area contributed by atoms with E-state index in [2.05, 4.69) is 15.9 Å². The number of nitrogens with two attached hydrogens (primary N) is 1. The van der Waals surface area contributed by atoms with Gasteiger partial charge in [0.2, 0.25) is 5.82 Å². The van der Waals surface area contributed by atoms with E-state index in [1.807, 2.05) is 0 Å². The lowest BCUT2D eigenvalue weighted by molar-refractivity contribution is 0.409. The molecule has 0 amide bonds. The van der Waals surface area contributed by atoms with Gasteiger partial charge in [-0.1, -0.05) is 22.0 Å². The minimum atomic E-state index is -1.14. The second-order valence-corrected chi connectivity index (χ2v) is 4.64. The first-order valence-corrected chi connectivity index (χ1v) is 6.12. The molecule has 0 saturated heterocycles. The van der Waals surface area contributed by atoms with Crippen molar-refractivity contribution in [2.24, 2.45) is 5.73 Å². The van der Waals surface area contributed by atoms with E-state index in [1.165, 1.54) is 24.3 Å². The maximum atomic E-state index is 13.6. The summed E-state index contributed by atoms with van der Waals surface area (Å²) in [6.07, 6.45) is 0. The monoisotopic (exact) mass is 331 g/mol. The third kappa shape index (κ3) is 2.90. The van der Waals surface area contributed by atoms with Crippen LogP contribution in [0.15, 0.2) is 34.8 Å². The van der Waals surface area contributed by atoms with Crippen molar-refractivity contribution in [1.82, 2.24) is 0 Å². The summed E-state index contributed by atoms with van der Waals surface area (Å²) in [7, 11) is 0. The molecule has 19 heavy (non-hydrogen) atoms. The fourth-order valence-electron chi connectivity index (χ4n) is 1.56. The zero-order chi connectivity index (χ0) is 14.0. The number of hydrogen-bond acceptors (Lipinski definition) is 2. The predicted molar refractivity (Wildman–Crippen MR) is 68.4 cm³/mol. The molecule has 0 aliphatic rings. The zero-order valence-electron chi connectivity index (χ0n) is 9.59. The molecular weight excluding hydrogens is 323 g/mol. The van der Waals surface area contributed by atoms with Crippen molar-refractivity contribution in [3.8, 4) is 11.5 Å². The van der Waals surface area contributed by atoms with Gasteiger partial charge in [-0.05, 0) is 24.3 Å². The highest BCUT2D eigenvalue weighted by molar-refractivity contribution is 9.10. The molecule has 2 aromatic carbocycles. The average Bonchev–Trinajstić information content (AvgIpc) is 2.35. The summed E-state index contributed by atoms with van der Waals surface area (Å²) in [5.74, 6) is -3.05. The van der Waals surface area contributed by atoms with Crippen LogP contribution in [-0.4, -0.2) is 0 Å². The lowest BCUT2D eigenvalue weighted by Gasteiger charge is -2.12. The number of rotatable bonds is 3. The molecular formula is C13H9BrF3NO. The first-order valence-electron chi connectivity index (χ1n) is 5.32. The topological polar surface area (TPSA) is 35.2 Å². The first kappa shape index (κ1) is 13.9. The van der Waals surface area contributed by atoms with Crippen LogP contribution in [-0.2, 0) is 6.54 Å². The molecule has 2 nitrogen and oxygen atoms in total. The highest BCUT2D eigenvalue weighted by Crippen LogP contribution is 2.32.